The molecule has 4 heteroatoms. The fraction of sp³-hybridized carbons (Fsp3) is 0.600. The molecule has 0 amide bonds. The Balaban J connectivity index is 2.06. The maximum Gasteiger partial charge on any atom is 0.123 e. The topological polar surface area (TPSA) is 49.7 Å². The van der Waals surface area contributed by atoms with E-state index in [2.05, 4.69) is 0 Å². The van der Waals surface area contributed by atoms with Crippen molar-refractivity contribution in [3.63, 3.8) is 0 Å². The standard InChI is InChI=1S/C15H21FO3/c1-2-5-15(9-17,10-18)8-13-7-11-6-12(16)3-4-14(11)19-13/h3-4,6,13,17-18H,2,5,7-10H2,1H3. The van der Waals surface area contributed by atoms with Gasteiger partial charge in [-0.1, -0.05) is 13.3 Å². The molecule has 0 radical (unpaired) electrons. The van der Waals surface area contributed by atoms with Gasteiger partial charge in [0.15, 0.2) is 0 Å². The number of benzene rings is 1. The Hall–Kier alpha value is -1.13. The van der Waals surface area contributed by atoms with Gasteiger partial charge in [0.05, 0.1) is 13.2 Å². The summed E-state index contributed by atoms with van der Waals surface area (Å²) in [5.74, 6) is 0.458. The van der Waals surface area contributed by atoms with E-state index >= 15 is 0 Å². The second-order valence-electron chi connectivity index (χ2n) is 5.47. The molecule has 0 spiro atoms. The number of ether oxygens (including phenoxy) is 1. The van der Waals surface area contributed by atoms with Crippen molar-refractivity contribution in [2.75, 3.05) is 13.2 Å². The van der Waals surface area contributed by atoms with Crippen LogP contribution >= 0.6 is 0 Å². The van der Waals surface area contributed by atoms with Crippen molar-refractivity contribution in [3.8, 4) is 5.75 Å². The minimum atomic E-state index is -0.500. The molecule has 2 rings (SSSR count). The zero-order valence-corrected chi connectivity index (χ0v) is 11.2. The first kappa shape index (κ1) is 14.3. The number of hydrogen-bond acceptors (Lipinski definition) is 3. The Morgan fingerprint density at radius 3 is 2.74 bits per heavy atom. The molecule has 1 atom stereocenters. The van der Waals surface area contributed by atoms with Gasteiger partial charge in [-0.05, 0) is 31.0 Å². The van der Waals surface area contributed by atoms with Crippen LogP contribution in [0.3, 0.4) is 0 Å². The minimum absolute atomic E-state index is 0.0537. The number of aliphatic hydroxyl groups is 2. The van der Waals surface area contributed by atoms with Gasteiger partial charge in [-0.2, -0.15) is 0 Å². The molecule has 0 saturated heterocycles. The summed E-state index contributed by atoms with van der Waals surface area (Å²) in [6, 6.07) is 4.53. The number of halogens is 1. The van der Waals surface area contributed by atoms with Crippen molar-refractivity contribution < 1.29 is 19.3 Å². The van der Waals surface area contributed by atoms with Crippen molar-refractivity contribution in [1.82, 2.24) is 0 Å². The lowest BCUT2D eigenvalue weighted by Crippen LogP contribution is -2.35. The number of rotatable bonds is 6. The molecule has 0 fully saturated rings. The predicted octanol–water partition coefficient (Wildman–Crippen LogP) is 2.29. The van der Waals surface area contributed by atoms with E-state index in [-0.39, 0.29) is 25.1 Å². The van der Waals surface area contributed by atoms with Gasteiger partial charge in [0, 0.05) is 17.4 Å². The van der Waals surface area contributed by atoms with Gasteiger partial charge in [-0.3, -0.25) is 0 Å². The third-order valence-corrected chi connectivity index (χ3v) is 3.88. The summed E-state index contributed by atoms with van der Waals surface area (Å²) in [5, 5.41) is 19.1. The van der Waals surface area contributed by atoms with Crippen LogP contribution in [-0.2, 0) is 6.42 Å². The fourth-order valence-corrected chi connectivity index (χ4v) is 2.86. The van der Waals surface area contributed by atoms with Crippen LogP contribution in [0, 0.1) is 11.2 Å². The first-order valence-electron chi connectivity index (χ1n) is 6.79. The van der Waals surface area contributed by atoms with Gasteiger partial charge < -0.3 is 14.9 Å². The molecular formula is C15H21FO3. The smallest absolute Gasteiger partial charge is 0.123 e. The van der Waals surface area contributed by atoms with E-state index in [1.807, 2.05) is 6.92 Å². The summed E-state index contributed by atoms with van der Waals surface area (Å²) in [7, 11) is 0. The van der Waals surface area contributed by atoms with Crippen molar-refractivity contribution in [2.45, 2.75) is 38.7 Å². The highest BCUT2D eigenvalue weighted by molar-refractivity contribution is 5.37. The highest BCUT2D eigenvalue weighted by Gasteiger charge is 2.35. The van der Waals surface area contributed by atoms with Gasteiger partial charge in [-0.15, -0.1) is 0 Å². The van der Waals surface area contributed by atoms with Crippen LogP contribution < -0.4 is 4.74 Å². The molecular weight excluding hydrogens is 247 g/mol. The Morgan fingerprint density at radius 1 is 1.37 bits per heavy atom. The Morgan fingerprint density at radius 2 is 2.11 bits per heavy atom. The highest BCUT2D eigenvalue weighted by atomic mass is 19.1. The van der Waals surface area contributed by atoms with Gasteiger partial charge in [0.25, 0.3) is 0 Å². The summed E-state index contributed by atoms with van der Waals surface area (Å²) in [6.45, 7) is 1.92. The molecule has 1 aliphatic rings. The molecule has 0 saturated carbocycles. The van der Waals surface area contributed by atoms with E-state index in [4.69, 9.17) is 4.74 Å². The molecule has 1 aromatic rings. The van der Waals surface area contributed by atoms with Crippen molar-refractivity contribution in [2.24, 2.45) is 5.41 Å². The van der Waals surface area contributed by atoms with Crippen molar-refractivity contribution >= 4 is 0 Å². The molecule has 1 aliphatic heterocycles. The van der Waals surface area contributed by atoms with Gasteiger partial charge >= 0.3 is 0 Å². The van der Waals surface area contributed by atoms with Crippen LogP contribution in [0.15, 0.2) is 18.2 Å². The van der Waals surface area contributed by atoms with E-state index in [1.165, 1.54) is 12.1 Å². The van der Waals surface area contributed by atoms with Gasteiger partial charge in [0.1, 0.15) is 17.7 Å². The summed E-state index contributed by atoms with van der Waals surface area (Å²) < 4.78 is 18.9. The van der Waals surface area contributed by atoms with Crippen LogP contribution in [-0.4, -0.2) is 29.5 Å². The van der Waals surface area contributed by atoms with Gasteiger partial charge in [0.2, 0.25) is 0 Å². The van der Waals surface area contributed by atoms with Crippen LogP contribution in [0.1, 0.15) is 31.7 Å². The first-order chi connectivity index (χ1) is 9.12. The maximum atomic E-state index is 13.1. The van der Waals surface area contributed by atoms with Crippen LogP contribution in [0.25, 0.3) is 0 Å². The molecule has 1 aromatic carbocycles. The average molecular weight is 268 g/mol. The van der Waals surface area contributed by atoms with Crippen LogP contribution in [0.2, 0.25) is 0 Å². The van der Waals surface area contributed by atoms with E-state index in [0.717, 1.165) is 18.4 Å². The lowest BCUT2D eigenvalue weighted by molar-refractivity contribution is 0.0113. The largest absolute Gasteiger partial charge is 0.490 e. The molecule has 2 N–H and O–H groups in total. The van der Waals surface area contributed by atoms with Crippen LogP contribution in [0.4, 0.5) is 4.39 Å². The quantitative estimate of drug-likeness (QED) is 0.832. The van der Waals surface area contributed by atoms with Gasteiger partial charge in [-0.25, -0.2) is 4.39 Å². The minimum Gasteiger partial charge on any atom is -0.490 e. The highest BCUT2D eigenvalue weighted by Crippen LogP contribution is 2.36. The van der Waals surface area contributed by atoms with E-state index < -0.39 is 5.41 Å². The molecule has 1 heterocycles. The van der Waals surface area contributed by atoms with Crippen LogP contribution in [0.5, 0.6) is 5.75 Å². The van der Waals surface area contributed by atoms with E-state index in [1.54, 1.807) is 6.07 Å². The lowest BCUT2D eigenvalue weighted by atomic mass is 9.79. The third kappa shape index (κ3) is 3.07. The monoisotopic (exact) mass is 268 g/mol. The SMILES string of the molecule is CCCC(CO)(CO)CC1Cc2cc(F)ccc2O1. The number of hydrogen-bond donors (Lipinski definition) is 2. The third-order valence-electron chi connectivity index (χ3n) is 3.88. The normalized spacial score (nSPS) is 18.2. The molecule has 0 bridgehead atoms. The van der Waals surface area contributed by atoms with Crippen molar-refractivity contribution in [1.29, 1.82) is 0 Å². The zero-order valence-electron chi connectivity index (χ0n) is 11.2. The molecule has 1 unspecified atom stereocenters. The summed E-state index contributed by atoms with van der Waals surface area (Å²) >= 11 is 0. The van der Waals surface area contributed by atoms with Crippen molar-refractivity contribution in [3.05, 3.63) is 29.6 Å². The number of aliphatic hydroxyl groups excluding tert-OH is 2. The molecule has 106 valence electrons. The summed E-state index contributed by atoms with van der Waals surface area (Å²) in [4.78, 5) is 0. The zero-order chi connectivity index (χ0) is 13.9. The first-order valence-corrected chi connectivity index (χ1v) is 6.79. The molecule has 0 aliphatic carbocycles. The van der Waals surface area contributed by atoms with E-state index in [0.29, 0.717) is 18.6 Å². The Labute approximate surface area is 113 Å². The predicted molar refractivity (Wildman–Crippen MR) is 70.6 cm³/mol. The Bertz CT molecular complexity index is 429. The maximum absolute atomic E-state index is 13.1. The summed E-state index contributed by atoms with van der Waals surface area (Å²) in [5.41, 5.74) is 0.367. The Kier molecular flexibility index (Phi) is 4.42. The summed E-state index contributed by atoms with van der Waals surface area (Å²) in [6.07, 6.45) is 2.78. The van der Waals surface area contributed by atoms with E-state index in [9.17, 15) is 14.6 Å². The second-order valence-corrected chi connectivity index (χ2v) is 5.47. The second kappa shape index (κ2) is 5.88. The molecule has 19 heavy (non-hydrogen) atoms. The average Bonchev–Trinajstić information content (AvgIpc) is 2.79. The lowest BCUT2D eigenvalue weighted by Gasteiger charge is -2.31. The number of fused-ring (bicyclic) bond motifs is 1. The molecule has 3 nitrogen and oxygen atoms in total. The molecule has 0 aromatic heterocycles. The fourth-order valence-electron chi connectivity index (χ4n) is 2.86.